The number of carbonyl (C=O) groups is 2. The van der Waals surface area contributed by atoms with Crippen LogP contribution in [0.2, 0.25) is 10.0 Å². The van der Waals surface area contributed by atoms with Crippen molar-refractivity contribution in [1.29, 1.82) is 0 Å². The second-order valence-electron chi connectivity index (χ2n) is 9.55. The van der Waals surface area contributed by atoms with E-state index in [-0.39, 0.29) is 29.9 Å². The van der Waals surface area contributed by atoms with Gasteiger partial charge >= 0.3 is 0 Å². The summed E-state index contributed by atoms with van der Waals surface area (Å²) in [5.74, 6) is -0.276. The summed E-state index contributed by atoms with van der Waals surface area (Å²) in [4.78, 5) is 28.5. The van der Waals surface area contributed by atoms with Crippen LogP contribution in [0.4, 0.5) is 5.69 Å². The number of rotatable bonds is 11. The van der Waals surface area contributed by atoms with Gasteiger partial charge in [0.2, 0.25) is 21.8 Å². The van der Waals surface area contributed by atoms with Gasteiger partial charge in [-0.15, -0.1) is 0 Å². The Kier molecular flexibility index (Phi) is 10.7. The molecule has 0 radical (unpaired) electrons. The Morgan fingerprint density at radius 1 is 1.05 bits per heavy atom. The molecular formula is C27H35Cl2N3O6S. The van der Waals surface area contributed by atoms with E-state index in [2.05, 4.69) is 5.32 Å². The van der Waals surface area contributed by atoms with Gasteiger partial charge in [-0.25, -0.2) is 8.42 Å². The number of ether oxygens (including phenoxy) is 2. The van der Waals surface area contributed by atoms with Crippen LogP contribution in [-0.2, 0) is 26.2 Å². The van der Waals surface area contributed by atoms with Crippen molar-refractivity contribution in [3.05, 3.63) is 52.0 Å². The SMILES string of the molecule is COc1ccc(N(CC(=O)N(Cc2c(Cl)cccc2Cl)[C@@H](C)C(=O)NC2CCCCC2)S(C)(=O)=O)c(OC)c1. The van der Waals surface area contributed by atoms with Crippen LogP contribution in [0.3, 0.4) is 0 Å². The Bertz CT molecular complexity index is 1260. The first-order valence-corrected chi connectivity index (χ1v) is 15.3. The van der Waals surface area contributed by atoms with E-state index in [0.29, 0.717) is 21.4 Å². The quantitative estimate of drug-likeness (QED) is 0.403. The highest BCUT2D eigenvalue weighted by Gasteiger charge is 2.33. The van der Waals surface area contributed by atoms with Crippen LogP contribution in [-0.4, -0.2) is 64.2 Å². The van der Waals surface area contributed by atoms with Crippen molar-refractivity contribution >= 4 is 50.7 Å². The Labute approximate surface area is 240 Å². The first-order chi connectivity index (χ1) is 18.5. The summed E-state index contributed by atoms with van der Waals surface area (Å²) in [6.07, 6.45) is 5.95. The molecule has 0 heterocycles. The highest BCUT2D eigenvalue weighted by Crippen LogP contribution is 2.34. The molecule has 0 aromatic heterocycles. The van der Waals surface area contributed by atoms with Gasteiger partial charge in [-0.3, -0.25) is 13.9 Å². The number of benzene rings is 2. The molecule has 9 nitrogen and oxygen atoms in total. The minimum absolute atomic E-state index is 0.0330. The fourth-order valence-corrected chi connectivity index (χ4v) is 5.96. The molecule has 0 saturated heterocycles. The third-order valence-corrected chi connectivity index (χ3v) is 8.68. The lowest BCUT2D eigenvalue weighted by Crippen LogP contribution is -2.53. The molecule has 0 aliphatic heterocycles. The molecule has 1 fully saturated rings. The number of amides is 2. The summed E-state index contributed by atoms with van der Waals surface area (Å²) in [6.45, 7) is 0.943. The van der Waals surface area contributed by atoms with E-state index in [1.54, 1.807) is 31.2 Å². The number of anilines is 1. The van der Waals surface area contributed by atoms with E-state index in [1.807, 2.05) is 0 Å². The summed E-state index contributed by atoms with van der Waals surface area (Å²) in [5, 5.41) is 3.71. The molecule has 1 aliphatic rings. The van der Waals surface area contributed by atoms with Crippen LogP contribution in [0.5, 0.6) is 11.5 Å². The third-order valence-electron chi connectivity index (χ3n) is 6.84. The second-order valence-corrected chi connectivity index (χ2v) is 12.3. The first kappa shape index (κ1) is 30.8. The van der Waals surface area contributed by atoms with Gasteiger partial charge in [0.15, 0.2) is 0 Å². The molecule has 3 rings (SSSR count). The van der Waals surface area contributed by atoms with Gasteiger partial charge < -0.3 is 19.7 Å². The van der Waals surface area contributed by atoms with E-state index in [1.165, 1.54) is 31.3 Å². The zero-order valence-corrected chi connectivity index (χ0v) is 24.9. The smallest absolute Gasteiger partial charge is 0.244 e. The fourth-order valence-electron chi connectivity index (χ4n) is 4.59. The van der Waals surface area contributed by atoms with Crippen molar-refractivity contribution < 1.29 is 27.5 Å². The molecule has 2 aromatic carbocycles. The molecule has 0 spiro atoms. The van der Waals surface area contributed by atoms with E-state index in [0.717, 1.165) is 42.7 Å². The maximum absolute atomic E-state index is 13.8. The maximum Gasteiger partial charge on any atom is 0.244 e. The van der Waals surface area contributed by atoms with Crippen molar-refractivity contribution in [2.24, 2.45) is 0 Å². The predicted molar refractivity (Wildman–Crippen MR) is 153 cm³/mol. The van der Waals surface area contributed by atoms with Crippen LogP contribution in [0.1, 0.15) is 44.6 Å². The lowest BCUT2D eigenvalue weighted by Gasteiger charge is -2.33. The predicted octanol–water partition coefficient (Wildman–Crippen LogP) is 4.64. The minimum atomic E-state index is -3.94. The number of carbonyl (C=O) groups excluding carboxylic acids is 2. The molecular weight excluding hydrogens is 565 g/mol. The van der Waals surface area contributed by atoms with E-state index < -0.39 is 28.5 Å². The molecule has 39 heavy (non-hydrogen) atoms. The first-order valence-electron chi connectivity index (χ1n) is 12.7. The fraction of sp³-hybridized carbons (Fsp3) is 0.481. The van der Waals surface area contributed by atoms with Gasteiger partial charge in [0, 0.05) is 34.3 Å². The standard InChI is InChI=1S/C27H35Cl2N3O6S/c1-18(27(34)30-19-9-6-5-7-10-19)31(16-21-22(28)11-8-12-23(21)29)26(33)17-32(39(4,35)36)24-14-13-20(37-2)15-25(24)38-3/h8,11-15,18-19H,5-7,9-10,16-17H2,1-4H3,(H,30,34)/t18-/m0/s1. The van der Waals surface area contributed by atoms with Gasteiger partial charge in [-0.05, 0) is 44.0 Å². The Morgan fingerprint density at radius 2 is 1.69 bits per heavy atom. The lowest BCUT2D eigenvalue weighted by molar-refractivity contribution is -0.139. The summed E-state index contributed by atoms with van der Waals surface area (Å²) >= 11 is 12.8. The Balaban J connectivity index is 1.96. The van der Waals surface area contributed by atoms with Gasteiger partial charge in [-0.2, -0.15) is 0 Å². The van der Waals surface area contributed by atoms with Crippen LogP contribution < -0.4 is 19.1 Å². The summed E-state index contributed by atoms with van der Waals surface area (Å²) < 4.78 is 37.3. The summed E-state index contributed by atoms with van der Waals surface area (Å²) in [6, 6.07) is 8.67. The number of sulfonamides is 1. The Morgan fingerprint density at radius 3 is 2.26 bits per heavy atom. The zero-order valence-electron chi connectivity index (χ0n) is 22.6. The molecule has 1 saturated carbocycles. The molecule has 2 aromatic rings. The van der Waals surface area contributed by atoms with Gasteiger partial charge in [0.25, 0.3) is 0 Å². The van der Waals surface area contributed by atoms with Gasteiger partial charge in [-0.1, -0.05) is 48.5 Å². The topological polar surface area (TPSA) is 105 Å². The second kappa shape index (κ2) is 13.6. The molecule has 0 unspecified atom stereocenters. The highest BCUT2D eigenvalue weighted by molar-refractivity contribution is 7.92. The van der Waals surface area contributed by atoms with Crippen molar-refractivity contribution in [2.75, 3.05) is 31.3 Å². The van der Waals surface area contributed by atoms with Crippen LogP contribution in [0.15, 0.2) is 36.4 Å². The van der Waals surface area contributed by atoms with Crippen molar-refractivity contribution in [3.8, 4) is 11.5 Å². The number of hydrogen-bond donors (Lipinski definition) is 1. The van der Waals surface area contributed by atoms with Crippen molar-refractivity contribution in [3.63, 3.8) is 0 Å². The molecule has 0 bridgehead atoms. The number of nitrogens with zero attached hydrogens (tertiary/aromatic N) is 2. The number of methoxy groups -OCH3 is 2. The summed E-state index contributed by atoms with van der Waals surface area (Å²) in [7, 11) is -1.08. The Hall–Kier alpha value is -2.69. The van der Waals surface area contributed by atoms with Crippen molar-refractivity contribution in [1.82, 2.24) is 10.2 Å². The molecule has 12 heteroatoms. The average molecular weight is 601 g/mol. The number of halogens is 2. The molecule has 2 amide bonds. The van der Waals surface area contributed by atoms with Crippen LogP contribution in [0, 0.1) is 0 Å². The molecule has 1 atom stereocenters. The maximum atomic E-state index is 13.8. The largest absolute Gasteiger partial charge is 0.497 e. The monoisotopic (exact) mass is 599 g/mol. The molecule has 1 aliphatic carbocycles. The normalized spacial score (nSPS) is 14.8. The number of hydrogen-bond acceptors (Lipinski definition) is 6. The van der Waals surface area contributed by atoms with Gasteiger partial charge in [0.05, 0.1) is 26.2 Å². The molecule has 214 valence electrons. The van der Waals surface area contributed by atoms with Crippen molar-refractivity contribution in [2.45, 2.75) is 57.7 Å². The third kappa shape index (κ3) is 7.93. The van der Waals surface area contributed by atoms with Gasteiger partial charge in [0.1, 0.15) is 24.1 Å². The number of nitrogens with one attached hydrogen (secondary N) is 1. The van der Waals surface area contributed by atoms with E-state index in [4.69, 9.17) is 32.7 Å². The van der Waals surface area contributed by atoms with Crippen LogP contribution >= 0.6 is 23.2 Å². The lowest BCUT2D eigenvalue weighted by atomic mass is 9.95. The van der Waals surface area contributed by atoms with Crippen LogP contribution in [0.25, 0.3) is 0 Å². The van der Waals surface area contributed by atoms with E-state index in [9.17, 15) is 18.0 Å². The summed E-state index contributed by atoms with van der Waals surface area (Å²) in [5.41, 5.74) is 0.614. The average Bonchev–Trinajstić information content (AvgIpc) is 2.90. The highest BCUT2D eigenvalue weighted by atomic mass is 35.5. The molecule has 1 N–H and O–H groups in total. The van der Waals surface area contributed by atoms with E-state index >= 15 is 0 Å². The minimum Gasteiger partial charge on any atom is -0.497 e. The zero-order chi connectivity index (χ0) is 28.7.